The lowest BCUT2D eigenvalue weighted by Crippen LogP contribution is -2.17. The molecule has 2 N–H and O–H groups in total. The molecular formula is C18H16N4O3S. The van der Waals surface area contributed by atoms with Crippen molar-refractivity contribution in [2.24, 2.45) is 0 Å². The number of nitrogens with one attached hydrogen (secondary N) is 2. The van der Waals surface area contributed by atoms with Crippen molar-refractivity contribution in [3.05, 3.63) is 53.7 Å². The van der Waals surface area contributed by atoms with E-state index in [4.69, 9.17) is 9.47 Å². The predicted molar refractivity (Wildman–Crippen MR) is 99.4 cm³/mol. The van der Waals surface area contributed by atoms with Crippen LogP contribution in [-0.4, -0.2) is 29.1 Å². The number of carbonyl (C=O) groups excluding carboxylic acids is 1. The van der Waals surface area contributed by atoms with Gasteiger partial charge in [-0.3, -0.25) is 4.79 Å². The standard InChI is InChI=1S/C18H16N4O3S/c23-17(20-12-4-5-14-15(9-12)25-8-7-24-14)10-13-11-26-18(21-13)22-16-3-1-2-6-19-16/h1-6,9,11H,7-8,10H2,(H,20,23)(H,19,21,22). The largest absolute Gasteiger partial charge is 0.486 e. The first-order valence-corrected chi connectivity index (χ1v) is 8.96. The lowest BCUT2D eigenvalue weighted by atomic mass is 10.2. The highest BCUT2D eigenvalue weighted by Crippen LogP contribution is 2.32. The lowest BCUT2D eigenvalue weighted by Gasteiger charge is -2.18. The normalized spacial score (nSPS) is 12.5. The highest BCUT2D eigenvalue weighted by Gasteiger charge is 2.13. The predicted octanol–water partition coefficient (Wildman–Crippen LogP) is 3.23. The van der Waals surface area contributed by atoms with E-state index < -0.39 is 0 Å². The molecule has 132 valence electrons. The molecule has 8 heteroatoms. The number of hydrogen-bond donors (Lipinski definition) is 2. The highest BCUT2D eigenvalue weighted by molar-refractivity contribution is 7.13. The Morgan fingerprint density at radius 2 is 2.04 bits per heavy atom. The number of anilines is 3. The Kier molecular flexibility index (Phi) is 4.65. The molecule has 0 atom stereocenters. The zero-order chi connectivity index (χ0) is 17.8. The van der Waals surface area contributed by atoms with E-state index in [1.54, 1.807) is 24.4 Å². The SMILES string of the molecule is O=C(Cc1csc(Nc2ccccn2)n1)Nc1ccc2c(c1)OCCO2. The first-order valence-electron chi connectivity index (χ1n) is 8.08. The summed E-state index contributed by atoms with van der Waals surface area (Å²) < 4.78 is 11.0. The van der Waals surface area contributed by atoms with Gasteiger partial charge in [-0.15, -0.1) is 11.3 Å². The number of rotatable bonds is 5. The minimum Gasteiger partial charge on any atom is -0.486 e. The summed E-state index contributed by atoms with van der Waals surface area (Å²) in [6.07, 6.45) is 1.90. The average Bonchev–Trinajstić information content (AvgIpc) is 3.09. The molecule has 0 spiro atoms. The van der Waals surface area contributed by atoms with E-state index in [0.29, 0.717) is 47.0 Å². The molecule has 1 aliphatic heterocycles. The highest BCUT2D eigenvalue weighted by atomic mass is 32.1. The quantitative estimate of drug-likeness (QED) is 0.719. The number of carbonyl (C=O) groups is 1. The number of aromatic nitrogens is 2. The van der Waals surface area contributed by atoms with E-state index in [-0.39, 0.29) is 12.3 Å². The molecule has 0 saturated carbocycles. The van der Waals surface area contributed by atoms with Crippen LogP contribution in [0.4, 0.5) is 16.6 Å². The van der Waals surface area contributed by atoms with Crippen molar-refractivity contribution in [2.45, 2.75) is 6.42 Å². The van der Waals surface area contributed by atoms with Gasteiger partial charge >= 0.3 is 0 Å². The fourth-order valence-electron chi connectivity index (χ4n) is 2.48. The summed E-state index contributed by atoms with van der Waals surface area (Å²) in [6, 6.07) is 10.9. The molecule has 7 nitrogen and oxygen atoms in total. The third-order valence-corrected chi connectivity index (χ3v) is 4.43. The molecule has 1 aliphatic rings. The number of ether oxygens (including phenoxy) is 2. The lowest BCUT2D eigenvalue weighted by molar-refractivity contribution is -0.115. The Labute approximate surface area is 154 Å². The number of fused-ring (bicyclic) bond motifs is 1. The van der Waals surface area contributed by atoms with Crippen molar-refractivity contribution in [3.63, 3.8) is 0 Å². The summed E-state index contributed by atoms with van der Waals surface area (Å²) in [7, 11) is 0. The Bertz CT molecular complexity index is 914. The van der Waals surface area contributed by atoms with E-state index in [1.807, 2.05) is 23.6 Å². The second-order valence-corrected chi connectivity index (χ2v) is 6.43. The van der Waals surface area contributed by atoms with Crippen LogP contribution in [0.2, 0.25) is 0 Å². The van der Waals surface area contributed by atoms with Crippen molar-refractivity contribution in [1.82, 2.24) is 9.97 Å². The number of nitrogens with zero attached hydrogens (tertiary/aromatic N) is 2. The topological polar surface area (TPSA) is 85.4 Å². The Balaban J connectivity index is 1.36. The molecule has 3 heterocycles. The molecule has 0 fully saturated rings. The fraction of sp³-hybridized carbons (Fsp3) is 0.167. The van der Waals surface area contributed by atoms with Crippen LogP contribution in [0.15, 0.2) is 48.0 Å². The second kappa shape index (κ2) is 7.40. The van der Waals surface area contributed by atoms with Gasteiger partial charge in [0.05, 0.1) is 12.1 Å². The molecule has 0 aliphatic carbocycles. The van der Waals surface area contributed by atoms with Crippen molar-refractivity contribution < 1.29 is 14.3 Å². The summed E-state index contributed by atoms with van der Waals surface area (Å²) in [5.74, 6) is 1.91. The maximum atomic E-state index is 12.3. The van der Waals surface area contributed by atoms with Crippen LogP contribution in [-0.2, 0) is 11.2 Å². The molecule has 0 saturated heterocycles. The minimum atomic E-state index is -0.142. The maximum absolute atomic E-state index is 12.3. The van der Waals surface area contributed by atoms with E-state index in [0.717, 1.165) is 0 Å². The van der Waals surface area contributed by atoms with E-state index >= 15 is 0 Å². The number of hydrogen-bond acceptors (Lipinski definition) is 7. The molecule has 0 bridgehead atoms. The van der Waals surface area contributed by atoms with Gasteiger partial charge in [-0.1, -0.05) is 6.07 Å². The summed E-state index contributed by atoms with van der Waals surface area (Å²) >= 11 is 1.43. The zero-order valence-electron chi connectivity index (χ0n) is 13.8. The van der Waals surface area contributed by atoms with Crippen LogP contribution in [0.25, 0.3) is 0 Å². The number of amides is 1. The van der Waals surface area contributed by atoms with E-state index in [2.05, 4.69) is 20.6 Å². The zero-order valence-corrected chi connectivity index (χ0v) is 14.6. The Hall–Kier alpha value is -3.13. The number of benzene rings is 1. The summed E-state index contributed by atoms with van der Waals surface area (Å²) in [5, 5.41) is 8.53. The summed E-state index contributed by atoms with van der Waals surface area (Å²) in [5.41, 5.74) is 1.37. The minimum absolute atomic E-state index is 0.142. The second-order valence-electron chi connectivity index (χ2n) is 5.57. The number of pyridine rings is 1. The van der Waals surface area contributed by atoms with Crippen molar-refractivity contribution in [1.29, 1.82) is 0 Å². The molecule has 1 amide bonds. The molecule has 0 radical (unpaired) electrons. The summed E-state index contributed by atoms with van der Waals surface area (Å²) in [4.78, 5) is 20.9. The molecule has 3 aromatic rings. The van der Waals surface area contributed by atoms with Gasteiger partial charge in [0.15, 0.2) is 16.6 Å². The van der Waals surface area contributed by atoms with Gasteiger partial charge in [0, 0.05) is 23.3 Å². The van der Waals surface area contributed by atoms with Crippen LogP contribution in [0.1, 0.15) is 5.69 Å². The molecule has 0 unspecified atom stereocenters. The molecule has 26 heavy (non-hydrogen) atoms. The Morgan fingerprint density at radius 3 is 2.88 bits per heavy atom. The molecule has 1 aromatic carbocycles. The van der Waals surface area contributed by atoms with Gasteiger partial charge in [0.1, 0.15) is 19.0 Å². The van der Waals surface area contributed by atoms with Crippen LogP contribution >= 0.6 is 11.3 Å². The molecule has 2 aromatic heterocycles. The van der Waals surface area contributed by atoms with Crippen molar-refractivity contribution >= 4 is 33.9 Å². The van der Waals surface area contributed by atoms with Crippen molar-refractivity contribution in [3.8, 4) is 11.5 Å². The van der Waals surface area contributed by atoms with Crippen molar-refractivity contribution in [2.75, 3.05) is 23.8 Å². The summed E-state index contributed by atoms with van der Waals surface area (Å²) in [6.45, 7) is 1.05. The first kappa shape index (κ1) is 16.3. The molecular weight excluding hydrogens is 352 g/mol. The fourth-order valence-corrected chi connectivity index (χ4v) is 3.20. The number of thiazole rings is 1. The van der Waals surface area contributed by atoms with Crippen LogP contribution in [0.5, 0.6) is 11.5 Å². The van der Waals surface area contributed by atoms with Gasteiger partial charge in [-0.05, 0) is 24.3 Å². The third kappa shape index (κ3) is 3.92. The van der Waals surface area contributed by atoms with Crippen LogP contribution in [0, 0.1) is 0 Å². The monoisotopic (exact) mass is 368 g/mol. The molecule has 4 rings (SSSR count). The van der Waals surface area contributed by atoms with Crippen LogP contribution < -0.4 is 20.1 Å². The van der Waals surface area contributed by atoms with Gasteiger partial charge in [-0.25, -0.2) is 9.97 Å². The van der Waals surface area contributed by atoms with E-state index in [9.17, 15) is 4.79 Å². The third-order valence-electron chi connectivity index (χ3n) is 3.62. The van der Waals surface area contributed by atoms with Crippen LogP contribution in [0.3, 0.4) is 0 Å². The average molecular weight is 368 g/mol. The van der Waals surface area contributed by atoms with Gasteiger partial charge in [0.2, 0.25) is 5.91 Å². The van der Waals surface area contributed by atoms with E-state index in [1.165, 1.54) is 11.3 Å². The Morgan fingerprint density at radius 1 is 1.15 bits per heavy atom. The van der Waals surface area contributed by atoms with Gasteiger partial charge in [0.25, 0.3) is 0 Å². The van der Waals surface area contributed by atoms with Gasteiger partial charge < -0.3 is 20.1 Å². The first-order chi connectivity index (χ1) is 12.8. The maximum Gasteiger partial charge on any atom is 0.230 e. The van der Waals surface area contributed by atoms with Gasteiger partial charge in [-0.2, -0.15) is 0 Å². The smallest absolute Gasteiger partial charge is 0.230 e.